The smallest absolute Gasteiger partial charge is 0.310 e. The summed E-state index contributed by atoms with van der Waals surface area (Å²) in [5.74, 6) is -0.776. The fourth-order valence-corrected chi connectivity index (χ4v) is 3.05. The van der Waals surface area contributed by atoms with Gasteiger partial charge in [0.25, 0.3) is 5.69 Å². The van der Waals surface area contributed by atoms with Crippen molar-refractivity contribution in [3.8, 4) is 0 Å². The molecule has 6 nitrogen and oxygen atoms in total. The van der Waals surface area contributed by atoms with Crippen molar-refractivity contribution < 1.29 is 14.8 Å². The molecular weight excluding hydrogens is 272 g/mol. The van der Waals surface area contributed by atoms with Crippen LogP contribution in [0.5, 0.6) is 0 Å². The van der Waals surface area contributed by atoms with Crippen molar-refractivity contribution in [2.75, 3.05) is 13.1 Å². The number of carboxylic acid groups (broad SMARTS) is 1. The first-order chi connectivity index (χ1) is 9.91. The number of nitro benzene ring substituents is 1. The third kappa shape index (κ3) is 2.76. The molecule has 1 aromatic rings. The Bertz CT molecular complexity index is 560. The fourth-order valence-electron chi connectivity index (χ4n) is 3.05. The first kappa shape index (κ1) is 15.4. The van der Waals surface area contributed by atoms with Crippen molar-refractivity contribution in [1.82, 2.24) is 4.90 Å². The van der Waals surface area contributed by atoms with Crippen LogP contribution in [0.1, 0.15) is 38.3 Å². The van der Waals surface area contributed by atoms with E-state index in [4.69, 9.17) is 0 Å². The van der Waals surface area contributed by atoms with Gasteiger partial charge in [0.2, 0.25) is 0 Å². The van der Waals surface area contributed by atoms with Gasteiger partial charge in [-0.3, -0.25) is 19.8 Å². The Morgan fingerprint density at radius 3 is 2.71 bits per heavy atom. The Kier molecular flexibility index (Phi) is 4.27. The van der Waals surface area contributed by atoms with Crippen LogP contribution in [0.4, 0.5) is 5.69 Å². The molecule has 2 atom stereocenters. The van der Waals surface area contributed by atoms with E-state index < -0.39 is 11.4 Å². The van der Waals surface area contributed by atoms with Gasteiger partial charge < -0.3 is 5.11 Å². The maximum absolute atomic E-state index is 11.5. The third-order valence-corrected chi connectivity index (χ3v) is 4.65. The number of para-hydroxylation sites is 1. The minimum absolute atomic E-state index is 0.0920. The SMILES string of the molecule is CCC1(C(=O)O)CCN(C(C)c2ccccc2[N+](=O)[O-])C1. The van der Waals surface area contributed by atoms with Gasteiger partial charge >= 0.3 is 5.97 Å². The van der Waals surface area contributed by atoms with E-state index in [0.717, 1.165) is 0 Å². The Labute approximate surface area is 123 Å². The summed E-state index contributed by atoms with van der Waals surface area (Å²) in [5, 5.41) is 20.6. The molecule has 2 rings (SSSR count). The quantitative estimate of drug-likeness (QED) is 0.666. The Morgan fingerprint density at radius 1 is 1.52 bits per heavy atom. The zero-order chi connectivity index (χ0) is 15.6. The molecule has 1 aliphatic heterocycles. The molecule has 0 spiro atoms. The van der Waals surface area contributed by atoms with Crippen molar-refractivity contribution in [3.63, 3.8) is 0 Å². The minimum atomic E-state index is -0.776. The molecule has 6 heteroatoms. The van der Waals surface area contributed by atoms with Crippen LogP contribution in [0.2, 0.25) is 0 Å². The number of benzene rings is 1. The summed E-state index contributed by atoms with van der Waals surface area (Å²) in [7, 11) is 0. The summed E-state index contributed by atoms with van der Waals surface area (Å²) in [6.45, 7) is 4.86. The highest BCUT2D eigenvalue weighted by atomic mass is 16.6. The van der Waals surface area contributed by atoms with Gasteiger partial charge in [-0.15, -0.1) is 0 Å². The molecule has 0 amide bonds. The van der Waals surface area contributed by atoms with Gasteiger partial charge in [0, 0.05) is 24.2 Å². The van der Waals surface area contributed by atoms with Crippen LogP contribution in [0.15, 0.2) is 24.3 Å². The van der Waals surface area contributed by atoms with Crippen molar-refractivity contribution in [1.29, 1.82) is 0 Å². The number of likely N-dealkylation sites (tertiary alicyclic amines) is 1. The molecular formula is C15H20N2O4. The molecule has 21 heavy (non-hydrogen) atoms. The zero-order valence-corrected chi connectivity index (χ0v) is 12.3. The van der Waals surface area contributed by atoms with Crippen LogP contribution in [0.25, 0.3) is 0 Å². The summed E-state index contributed by atoms with van der Waals surface area (Å²) in [6, 6.07) is 6.49. The largest absolute Gasteiger partial charge is 0.481 e. The van der Waals surface area contributed by atoms with Crippen LogP contribution in [-0.4, -0.2) is 34.0 Å². The molecule has 1 N–H and O–H groups in total. The van der Waals surface area contributed by atoms with Crippen molar-refractivity contribution in [2.24, 2.45) is 5.41 Å². The lowest BCUT2D eigenvalue weighted by Crippen LogP contribution is -2.35. The molecule has 0 saturated carbocycles. The normalized spacial score (nSPS) is 23.9. The summed E-state index contributed by atoms with van der Waals surface area (Å²) in [6.07, 6.45) is 1.16. The Hall–Kier alpha value is -1.95. The van der Waals surface area contributed by atoms with Crippen LogP contribution in [0, 0.1) is 15.5 Å². The van der Waals surface area contributed by atoms with Gasteiger partial charge in [0.1, 0.15) is 0 Å². The molecule has 0 aliphatic carbocycles. The second kappa shape index (κ2) is 5.81. The molecule has 114 valence electrons. The van der Waals surface area contributed by atoms with Gasteiger partial charge in [0.05, 0.1) is 10.3 Å². The van der Waals surface area contributed by atoms with Gasteiger partial charge in [0.15, 0.2) is 0 Å². The van der Waals surface area contributed by atoms with Crippen LogP contribution >= 0.6 is 0 Å². The van der Waals surface area contributed by atoms with E-state index in [1.54, 1.807) is 18.2 Å². The number of carboxylic acids is 1. The maximum atomic E-state index is 11.5. The molecule has 2 unspecified atom stereocenters. The molecule has 1 aliphatic rings. The van der Waals surface area contributed by atoms with E-state index in [-0.39, 0.29) is 16.7 Å². The standard InChI is InChI=1S/C15H20N2O4/c1-3-15(14(18)19)8-9-16(10-15)11(2)12-6-4-5-7-13(12)17(20)21/h4-7,11H,3,8-10H2,1-2H3,(H,18,19). The number of nitrogens with zero attached hydrogens (tertiary/aromatic N) is 2. The minimum Gasteiger partial charge on any atom is -0.481 e. The van der Waals surface area contributed by atoms with Crippen LogP contribution in [-0.2, 0) is 4.79 Å². The number of aliphatic carboxylic acids is 1. The summed E-state index contributed by atoms with van der Waals surface area (Å²) < 4.78 is 0. The van der Waals surface area contributed by atoms with E-state index in [1.807, 2.05) is 18.7 Å². The van der Waals surface area contributed by atoms with E-state index in [0.29, 0.717) is 31.5 Å². The zero-order valence-electron chi connectivity index (χ0n) is 12.3. The molecule has 1 fully saturated rings. The van der Waals surface area contributed by atoms with Gasteiger partial charge in [-0.05, 0) is 26.3 Å². The number of carbonyl (C=O) groups is 1. The van der Waals surface area contributed by atoms with E-state index >= 15 is 0 Å². The predicted molar refractivity (Wildman–Crippen MR) is 78.1 cm³/mol. The van der Waals surface area contributed by atoms with Crippen LogP contribution in [0.3, 0.4) is 0 Å². The molecule has 0 radical (unpaired) electrons. The number of nitro groups is 1. The van der Waals surface area contributed by atoms with Gasteiger partial charge in [-0.25, -0.2) is 0 Å². The average Bonchev–Trinajstić information content (AvgIpc) is 2.92. The number of rotatable bonds is 5. The highest BCUT2D eigenvalue weighted by molar-refractivity contribution is 5.75. The van der Waals surface area contributed by atoms with Crippen molar-refractivity contribution >= 4 is 11.7 Å². The molecule has 1 saturated heterocycles. The summed E-state index contributed by atoms with van der Waals surface area (Å²) >= 11 is 0. The van der Waals surface area contributed by atoms with Crippen LogP contribution < -0.4 is 0 Å². The lowest BCUT2D eigenvalue weighted by molar-refractivity contribution is -0.386. The molecule has 0 bridgehead atoms. The van der Waals surface area contributed by atoms with Gasteiger partial charge in [-0.1, -0.05) is 25.1 Å². The third-order valence-electron chi connectivity index (χ3n) is 4.65. The highest BCUT2D eigenvalue weighted by Gasteiger charge is 2.45. The van der Waals surface area contributed by atoms with E-state index in [1.165, 1.54) is 6.07 Å². The number of hydrogen-bond donors (Lipinski definition) is 1. The number of hydrogen-bond acceptors (Lipinski definition) is 4. The predicted octanol–water partition coefficient (Wildman–Crippen LogP) is 2.84. The van der Waals surface area contributed by atoms with Crippen molar-refractivity contribution in [2.45, 2.75) is 32.7 Å². The van der Waals surface area contributed by atoms with E-state index in [2.05, 4.69) is 0 Å². The molecule has 0 aromatic heterocycles. The average molecular weight is 292 g/mol. The molecule has 1 aromatic carbocycles. The van der Waals surface area contributed by atoms with Crippen molar-refractivity contribution in [3.05, 3.63) is 39.9 Å². The Balaban J connectivity index is 2.25. The summed E-state index contributed by atoms with van der Waals surface area (Å²) in [4.78, 5) is 24.3. The molecule has 1 heterocycles. The first-order valence-electron chi connectivity index (χ1n) is 7.12. The lowest BCUT2D eigenvalue weighted by Gasteiger charge is -2.27. The summed E-state index contributed by atoms with van der Waals surface area (Å²) in [5.41, 5.74) is 0.00628. The topological polar surface area (TPSA) is 83.7 Å². The van der Waals surface area contributed by atoms with E-state index in [9.17, 15) is 20.0 Å². The lowest BCUT2D eigenvalue weighted by atomic mass is 9.84. The first-order valence-corrected chi connectivity index (χ1v) is 7.12. The van der Waals surface area contributed by atoms with Gasteiger partial charge in [-0.2, -0.15) is 0 Å². The fraction of sp³-hybridized carbons (Fsp3) is 0.533. The second-order valence-corrected chi connectivity index (χ2v) is 5.65. The Morgan fingerprint density at radius 2 is 2.19 bits per heavy atom. The highest BCUT2D eigenvalue weighted by Crippen LogP contribution is 2.39. The second-order valence-electron chi connectivity index (χ2n) is 5.65. The monoisotopic (exact) mass is 292 g/mol. The maximum Gasteiger partial charge on any atom is 0.310 e.